The Morgan fingerprint density at radius 1 is 1.40 bits per heavy atom. The maximum absolute atomic E-state index is 9.52. The summed E-state index contributed by atoms with van der Waals surface area (Å²) in [4.78, 5) is 0. The van der Waals surface area contributed by atoms with E-state index in [0.29, 0.717) is 6.04 Å². The van der Waals surface area contributed by atoms with Gasteiger partial charge in [-0.05, 0) is 58.4 Å². The van der Waals surface area contributed by atoms with Gasteiger partial charge in [-0.3, -0.25) is 10.00 Å². The van der Waals surface area contributed by atoms with Crippen molar-refractivity contribution in [2.45, 2.75) is 77.9 Å². The number of hydrogen-bond acceptors (Lipinski definition) is 3. The molecule has 20 heavy (non-hydrogen) atoms. The highest BCUT2D eigenvalue weighted by molar-refractivity contribution is 5.22. The molecule has 110 valence electrons. The van der Waals surface area contributed by atoms with Crippen LogP contribution in [0.1, 0.15) is 56.0 Å². The van der Waals surface area contributed by atoms with Gasteiger partial charge in [0.05, 0.1) is 11.8 Å². The van der Waals surface area contributed by atoms with Gasteiger partial charge in [-0.1, -0.05) is 6.92 Å². The highest BCUT2D eigenvalue weighted by Gasteiger charge is 2.34. The van der Waals surface area contributed by atoms with Crippen molar-refractivity contribution in [2.24, 2.45) is 0 Å². The number of aromatic nitrogens is 2. The summed E-state index contributed by atoms with van der Waals surface area (Å²) in [6.45, 7) is 9.30. The Hall–Kier alpha value is -1.34. The minimum atomic E-state index is -0.341. The van der Waals surface area contributed by atoms with E-state index in [1.165, 1.54) is 24.1 Å². The first-order valence-electron chi connectivity index (χ1n) is 7.71. The quantitative estimate of drug-likeness (QED) is 0.831. The predicted octanol–water partition coefficient (Wildman–Crippen LogP) is 3.01. The van der Waals surface area contributed by atoms with E-state index in [1.807, 2.05) is 0 Å². The van der Waals surface area contributed by atoms with E-state index in [1.54, 1.807) is 0 Å². The van der Waals surface area contributed by atoms with Gasteiger partial charge in [0, 0.05) is 18.3 Å². The van der Waals surface area contributed by atoms with Crippen LogP contribution in [-0.4, -0.2) is 21.4 Å². The van der Waals surface area contributed by atoms with Crippen LogP contribution < -0.4 is 5.32 Å². The Morgan fingerprint density at radius 2 is 2.10 bits per heavy atom. The average molecular weight is 274 g/mol. The molecule has 1 fully saturated rings. The van der Waals surface area contributed by atoms with Crippen LogP contribution in [0, 0.1) is 32.1 Å². The highest BCUT2D eigenvalue weighted by Crippen LogP contribution is 2.27. The van der Waals surface area contributed by atoms with Crippen molar-refractivity contribution in [3.63, 3.8) is 0 Å². The van der Waals surface area contributed by atoms with Crippen LogP contribution >= 0.6 is 0 Å². The molecule has 1 heterocycles. The molecule has 1 N–H and O–H groups in total. The topological polar surface area (TPSA) is 53.6 Å². The van der Waals surface area contributed by atoms with Gasteiger partial charge >= 0.3 is 0 Å². The molecule has 4 heteroatoms. The molecule has 0 aromatic carbocycles. The maximum atomic E-state index is 9.52. The van der Waals surface area contributed by atoms with Gasteiger partial charge < -0.3 is 0 Å². The highest BCUT2D eigenvalue weighted by atomic mass is 15.3. The lowest BCUT2D eigenvalue weighted by Crippen LogP contribution is -2.44. The number of nitrogens with zero attached hydrogens (tertiary/aromatic N) is 3. The second-order valence-corrected chi connectivity index (χ2v) is 6.09. The van der Waals surface area contributed by atoms with Crippen LogP contribution in [0.15, 0.2) is 0 Å². The van der Waals surface area contributed by atoms with E-state index < -0.39 is 0 Å². The molecule has 1 saturated carbocycles. The van der Waals surface area contributed by atoms with Crippen molar-refractivity contribution in [2.75, 3.05) is 0 Å². The average Bonchev–Trinajstić information content (AvgIpc) is 3.23. The van der Waals surface area contributed by atoms with Crippen LogP contribution in [0.25, 0.3) is 0 Å². The van der Waals surface area contributed by atoms with Gasteiger partial charge in [0.2, 0.25) is 0 Å². The molecule has 0 amide bonds. The summed E-state index contributed by atoms with van der Waals surface area (Å²) in [6, 6.07) is 3.09. The maximum Gasteiger partial charge on any atom is 0.106 e. The number of rotatable bonds is 7. The third kappa shape index (κ3) is 3.21. The van der Waals surface area contributed by atoms with Gasteiger partial charge in [0.1, 0.15) is 5.54 Å². The fourth-order valence-electron chi connectivity index (χ4n) is 2.67. The summed E-state index contributed by atoms with van der Waals surface area (Å²) in [7, 11) is 0. The smallest absolute Gasteiger partial charge is 0.106 e. The molecule has 1 aromatic rings. The number of nitriles is 1. The molecule has 2 rings (SSSR count). The van der Waals surface area contributed by atoms with E-state index >= 15 is 0 Å². The van der Waals surface area contributed by atoms with Crippen molar-refractivity contribution in [3.8, 4) is 6.07 Å². The molecular weight excluding hydrogens is 248 g/mol. The number of aryl methyl sites for hydroxylation is 2. The molecule has 0 saturated heterocycles. The first kappa shape index (κ1) is 15.1. The summed E-state index contributed by atoms with van der Waals surface area (Å²) in [6.07, 6.45) is 5.20. The van der Waals surface area contributed by atoms with Crippen LogP contribution in [-0.2, 0) is 6.54 Å². The predicted molar refractivity (Wildman–Crippen MR) is 80.5 cm³/mol. The van der Waals surface area contributed by atoms with E-state index in [9.17, 15) is 5.26 Å². The fourth-order valence-corrected chi connectivity index (χ4v) is 2.67. The lowest BCUT2D eigenvalue weighted by atomic mass is 9.91. The molecule has 1 atom stereocenters. The van der Waals surface area contributed by atoms with Crippen LogP contribution in [0.3, 0.4) is 0 Å². The minimum Gasteiger partial charge on any atom is -0.297 e. The lowest BCUT2D eigenvalue weighted by molar-refractivity contribution is 0.347. The van der Waals surface area contributed by atoms with Crippen molar-refractivity contribution < 1.29 is 0 Å². The van der Waals surface area contributed by atoms with Gasteiger partial charge in [-0.25, -0.2) is 0 Å². The van der Waals surface area contributed by atoms with Crippen LogP contribution in [0.5, 0.6) is 0 Å². The summed E-state index contributed by atoms with van der Waals surface area (Å²) in [5.41, 5.74) is 3.30. The number of hydrogen-bond donors (Lipinski definition) is 1. The van der Waals surface area contributed by atoms with Gasteiger partial charge in [-0.2, -0.15) is 10.4 Å². The van der Waals surface area contributed by atoms with Gasteiger partial charge in [0.25, 0.3) is 0 Å². The van der Waals surface area contributed by atoms with Crippen molar-refractivity contribution in [3.05, 3.63) is 17.0 Å². The third-order valence-electron chi connectivity index (χ3n) is 4.59. The zero-order chi connectivity index (χ0) is 14.8. The Morgan fingerprint density at radius 3 is 2.55 bits per heavy atom. The molecule has 0 radical (unpaired) electrons. The third-order valence-corrected chi connectivity index (χ3v) is 4.59. The SMILES string of the molecule is CCC(C#N)(CCCn1nc(C)c(C)c1C)NC1CC1. The molecule has 1 aliphatic rings. The zero-order valence-corrected chi connectivity index (χ0v) is 13.2. The van der Waals surface area contributed by atoms with Crippen molar-refractivity contribution in [1.82, 2.24) is 15.1 Å². The Balaban J connectivity index is 1.92. The molecular formula is C16H26N4. The molecule has 1 aromatic heterocycles. The Bertz CT molecular complexity index is 507. The van der Waals surface area contributed by atoms with Crippen LogP contribution in [0.4, 0.5) is 0 Å². The zero-order valence-electron chi connectivity index (χ0n) is 13.2. The van der Waals surface area contributed by atoms with Crippen molar-refractivity contribution >= 4 is 0 Å². The van der Waals surface area contributed by atoms with Gasteiger partial charge in [0.15, 0.2) is 0 Å². The summed E-state index contributed by atoms with van der Waals surface area (Å²) in [5, 5.41) is 17.6. The summed E-state index contributed by atoms with van der Waals surface area (Å²) in [5.74, 6) is 0. The molecule has 0 aliphatic heterocycles. The summed E-state index contributed by atoms with van der Waals surface area (Å²) < 4.78 is 2.08. The Kier molecular flexibility index (Phi) is 4.49. The minimum absolute atomic E-state index is 0.341. The largest absolute Gasteiger partial charge is 0.297 e. The van der Waals surface area contributed by atoms with Crippen molar-refractivity contribution in [1.29, 1.82) is 5.26 Å². The van der Waals surface area contributed by atoms with E-state index in [4.69, 9.17) is 0 Å². The lowest BCUT2D eigenvalue weighted by Gasteiger charge is -2.26. The normalized spacial score (nSPS) is 17.8. The summed E-state index contributed by atoms with van der Waals surface area (Å²) >= 11 is 0. The number of nitrogens with one attached hydrogen (secondary N) is 1. The van der Waals surface area contributed by atoms with E-state index in [0.717, 1.165) is 31.5 Å². The second kappa shape index (κ2) is 5.97. The van der Waals surface area contributed by atoms with E-state index in [2.05, 4.69) is 48.9 Å². The molecule has 0 spiro atoms. The standard InChI is InChI=1S/C16H26N4/c1-5-16(11-17,18-15-7-8-15)9-6-10-20-14(4)12(2)13(3)19-20/h15,18H,5-10H2,1-4H3. The Labute approximate surface area is 122 Å². The van der Waals surface area contributed by atoms with E-state index in [-0.39, 0.29) is 5.54 Å². The first-order chi connectivity index (χ1) is 9.51. The fraction of sp³-hybridized carbons (Fsp3) is 0.750. The first-order valence-corrected chi connectivity index (χ1v) is 7.71. The second-order valence-electron chi connectivity index (χ2n) is 6.09. The molecule has 0 bridgehead atoms. The molecule has 1 aliphatic carbocycles. The molecule has 4 nitrogen and oxygen atoms in total. The monoisotopic (exact) mass is 274 g/mol. The molecule has 1 unspecified atom stereocenters. The van der Waals surface area contributed by atoms with Gasteiger partial charge in [-0.15, -0.1) is 0 Å². The van der Waals surface area contributed by atoms with Crippen LogP contribution in [0.2, 0.25) is 0 Å².